The van der Waals surface area contributed by atoms with Gasteiger partial charge < -0.3 is 9.72 Å². The molecule has 1 saturated heterocycles. The first kappa shape index (κ1) is 17.4. The summed E-state index contributed by atoms with van der Waals surface area (Å²) in [5, 5.41) is 2.99. The van der Waals surface area contributed by atoms with Crippen LogP contribution in [-0.4, -0.2) is 38.2 Å². The van der Waals surface area contributed by atoms with Crippen LogP contribution in [0.15, 0.2) is 35.6 Å². The van der Waals surface area contributed by atoms with Gasteiger partial charge >= 0.3 is 0 Å². The zero-order valence-electron chi connectivity index (χ0n) is 15.0. The maximum Gasteiger partial charge on any atom is 0.271 e. The SMILES string of the molecule is Cc1cn2cc(-c3cc4ncn([C@@H]5CCNC[C@H]5F)c(=O)c4s3)cc(F)c2n1. The van der Waals surface area contributed by atoms with Crippen molar-refractivity contribution in [2.24, 2.45) is 0 Å². The normalized spacial score (nSPS) is 20.2. The van der Waals surface area contributed by atoms with Crippen LogP contribution in [0.1, 0.15) is 18.2 Å². The molecule has 4 aromatic rings. The van der Waals surface area contributed by atoms with Gasteiger partial charge in [-0.15, -0.1) is 11.3 Å². The summed E-state index contributed by atoms with van der Waals surface area (Å²) in [6.07, 6.45) is 4.36. The molecule has 144 valence electrons. The van der Waals surface area contributed by atoms with Crippen molar-refractivity contribution in [3.63, 3.8) is 0 Å². The van der Waals surface area contributed by atoms with Crippen LogP contribution in [0, 0.1) is 12.7 Å². The Labute approximate surface area is 162 Å². The van der Waals surface area contributed by atoms with E-state index in [9.17, 15) is 13.6 Å². The smallest absolute Gasteiger partial charge is 0.271 e. The van der Waals surface area contributed by atoms with Gasteiger partial charge in [0.25, 0.3) is 5.56 Å². The molecule has 5 rings (SSSR count). The molecule has 2 atom stereocenters. The minimum absolute atomic E-state index is 0.231. The maximum atomic E-state index is 14.4. The molecule has 1 fully saturated rings. The Morgan fingerprint density at radius 3 is 3.00 bits per heavy atom. The molecule has 28 heavy (non-hydrogen) atoms. The van der Waals surface area contributed by atoms with E-state index >= 15 is 0 Å². The molecule has 0 saturated carbocycles. The molecule has 0 amide bonds. The molecule has 1 aliphatic heterocycles. The van der Waals surface area contributed by atoms with Crippen molar-refractivity contribution in [1.29, 1.82) is 0 Å². The van der Waals surface area contributed by atoms with Crippen molar-refractivity contribution in [2.45, 2.75) is 25.6 Å². The molecular formula is C19H17F2N5OS. The highest BCUT2D eigenvalue weighted by Crippen LogP contribution is 2.32. The van der Waals surface area contributed by atoms with Gasteiger partial charge in [-0.3, -0.25) is 9.36 Å². The quantitative estimate of drug-likeness (QED) is 0.561. The molecule has 0 radical (unpaired) electrons. The Balaban J connectivity index is 1.62. The number of rotatable bonds is 2. The number of nitrogens with zero attached hydrogens (tertiary/aromatic N) is 4. The topological polar surface area (TPSA) is 64.2 Å². The number of aromatic nitrogens is 4. The van der Waals surface area contributed by atoms with Gasteiger partial charge in [-0.05, 0) is 32.0 Å². The first-order valence-electron chi connectivity index (χ1n) is 9.02. The summed E-state index contributed by atoms with van der Waals surface area (Å²) in [6, 6.07) is 2.67. The van der Waals surface area contributed by atoms with Crippen molar-refractivity contribution < 1.29 is 8.78 Å². The minimum atomic E-state index is -1.13. The molecule has 0 unspecified atom stereocenters. The molecule has 0 bridgehead atoms. The van der Waals surface area contributed by atoms with Crippen LogP contribution in [0.3, 0.4) is 0 Å². The minimum Gasteiger partial charge on any atom is -0.314 e. The molecule has 4 aromatic heterocycles. The fourth-order valence-corrected chi connectivity index (χ4v) is 4.77. The van der Waals surface area contributed by atoms with Crippen molar-refractivity contribution >= 4 is 27.2 Å². The van der Waals surface area contributed by atoms with E-state index in [1.165, 1.54) is 28.3 Å². The number of nitrogens with one attached hydrogen (secondary N) is 1. The molecule has 5 heterocycles. The highest BCUT2D eigenvalue weighted by molar-refractivity contribution is 7.22. The Hall–Kier alpha value is -2.65. The third-order valence-electron chi connectivity index (χ3n) is 5.10. The van der Waals surface area contributed by atoms with Crippen molar-refractivity contribution in [3.8, 4) is 10.4 Å². The molecule has 1 N–H and O–H groups in total. The van der Waals surface area contributed by atoms with Crippen LogP contribution < -0.4 is 10.9 Å². The van der Waals surface area contributed by atoms with Crippen molar-refractivity contribution in [3.05, 3.63) is 52.7 Å². The second kappa shape index (κ2) is 6.46. The van der Waals surface area contributed by atoms with Gasteiger partial charge in [-0.2, -0.15) is 0 Å². The van der Waals surface area contributed by atoms with Crippen LogP contribution in [0.5, 0.6) is 0 Å². The van der Waals surface area contributed by atoms with E-state index in [1.54, 1.807) is 29.8 Å². The van der Waals surface area contributed by atoms with Crippen LogP contribution in [0.4, 0.5) is 8.78 Å². The first-order valence-corrected chi connectivity index (χ1v) is 9.83. The maximum absolute atomic E-state index is 14.4. The largest absolute Gasteiger partial charge is 0.314 e. The Bertz CT molecular complexity index is 1260. The number of halogens is 2. The summed E-state index contributed by atoms with van der Waals surface area (Å²) < 4.78 is 32.2. The lowest BCUT2D eigenvalue weighted by molar-refractivity contribution is 0.180. The fraction of sp³-hybridized carbons (Fsp3) is 0.316. The standard InChI is InChI=1S/C19H17F2N5OS/c1-10-7-25-8-11(4-12(20)18(25)24-10)16-5-14-17(28-16)19(27)26(9-23-14)15-2-3-22-6-13(15)21/h4-5,7-9,13,15,22H,2-3,6H2,1H3/t13-,15-/m1/s1. The van der Waals surface area contributed by atoms with Gasteiger partial charge in [-0.25, -0.2) is 18.7 Å². The fourth-order valence-electron chi connectivity index (χ4n) is 3.74. The molecular weight excluding hydrogens is 384 g/mol. The van der Waals surface area contributed by atoms with E-state index in [2.05, 4.69) is 15.3 Å². The van der Waals surface area contributed by atoms with Gasteiger partial charge in [0.2, 0.25) is 0 Å². The molecule has 9 heteroatoms. The van der Waals surface area contributed by atoms with Crippen LogP contribution in [0.25, 0.3) is 26.3 Å². The summed E-state index contributed by atoms with van der Waals surface area (Å²) in [5.41, 5.74) is 1.91. The monoisotopic (exact) mass is 401 g/mol. The number of thiophene rings is 1. The third-order valence-corrected chi connectivity index (χ3v) is 6.27. The van der Waals surface area contributed by atoms with E-state index in [1.807, 2.05) is 0 Å². The van der Waals surface area contributed by atoms with E-state index in [-0.39, 0.29) is 17.8 Å². The second-order valence-electron chi connectivity index (χ2n) is 7.05. The lowest BCUT2D eigenvalue weighted by Gasteiger charge is -2.27. The van der Waals surface area contributed by atoms with E-state index < -0.39 is 18.0 Å². The molecule has 0 aliphatic carbocycles. The van der Waals surface area contributed by atoms with Crippen LogP contribution in [0.2, 0.25) is 0 Å². The van der Waals surface area contributed by atoms with Gasteiger partial charge in [-0.1, -0.05) is 0 Å². The summed E-state index contributed by atoms with van der Waals surface area (Å²) in [6.45, 7) is 2.69. The van der Waals surface area contributed by atoms with Crippen LogP contribution in [-0.2, 0) is 0 Å². The average Bonchev–Trinajstić information content (AvgIpc) is 3.27. The number of imidazole rings is 1. The predicted octanol–water partition coefficient (Wildman–Crippen LogP) is 3.09. The van der Waals surface area contributed by atoms with Gasteiger partial charge in [0.1, 0.15) is 10.9 Å². The number of alkyl halides is 1. The lowest BCUT2D eigenvalue weighted by Crippen LogP contribution is -2.42. The highest BCUT2D eigenvalue weighted by Gasteiger charge is 2.27. The number of hydrogen-bond donors (Lipinski definition) is 1. The molecule has 0 aromatic carbocycles. The number of fused-ring (bicyclic) bond motifs is 2. The van der Waals surface area contributed by atoms with E-state index in [0.29, 0.717) is 28.7 Å². The summed E-state index contributed by atoms with van der Waals surface area (Å²) in [5.74, 6) is -0.427. The number of pyridine rings is 1. The molecule has 1 aliphatic rings. The lowest BCUT2D eigenvalue weighted by atomic mass is 10.0. The Morgan fingerprint density at radius 1 is 1.32 bits per heavy atom. The summed E-state index contributed by atoms with van der Waals surface area (Å²) in [4.78, 5) is 22.2. The Kier molecular flexibility index (Phi) is 4.02. The highest BCUT2D eigenvalue weighted by atomic mass is 32.1. The number of hydrogen-bond acceptors (Lipinski definition) is 5. The van der Waals surface area contributed by atoms with E-state index in [0.717, 1.165) is 10.6 Å². The van der Waals surface area contributed by atoms with Gasteiger partial charge in [0.05, 0.1) is 23.6 Å². The molecule has 6 nitrogen and oxygen atoms in total. The van der Waals surface area contributed by atoms with E-state index in [4.69, 9.17) is 0 Å². The summed E-state index contributed by atoms with van der Waals surface area (Å²) >= 11 is 1.25. The zero-order valence-corrected chi connectivity index (χ0v) is 15.8. The number of piperidine rings is 1. The first-order chi connectivity index (χ1) is 13.5. The summed E-state index contributed by atoms with van der Waals surface area (Å²) in [7, 11) is 0. The number of aryl methyl sites for hydroxylation is 1. The second-order valence-corrected chi connectivity index (χ2v) is 8.10. The van der Waals surface area contributed by atoms with Crippen LogP contribution >= 0.6 is 11.3 Å². The average molecular weight is 401 g/mol. The van der Waals surface area contributed by atoms with Crippen molar-refractivity contribution in [1.82, 2.24) is 24.3 Å². The third kappa shape index (κ3) is 2.73. The van der Waals surface area contributed by atoms with Crippen molar-refractivity contribution in [2.75, 3.05) is 13.1 Å². The molecule has 0 spiro atoms. The van der Waals surface area contributed by atoms with Gasteiger partial charge in [0.15, 0.2) is 11.5 Å². The zero-order chi connectivity index (χ0) is 19.4. The Morgan fingerprint density at radius 2 is 2.18 bits per heavy atom. The van der Waals surface area contributed by atoms with Gasteiger partial charge in [0, 0.05) is 29.4 Å². The predicted molar refractivity (Wildman–Crippen MR) is 104 cm³/mol.